The first-order chi connectivity index (χ1) is 6.76. The standard InChI is InChI=1S/C7H16N2O5S/c1-5(2)14-7(11)9-15(12,13)8-6(3)4-10/h5-6,8,10H,4H2,1-3H3,(H,9,11)/t6-/m1/s1. The maximum absolute atomic E-state index is 11.2. The van der Waals surface area contributed by atoms with Crippen molar-refractivity contribution < 1.29 is 23.1 Å². The van der Waals surface area contributed by atoms with Crippen LogP contribution in [0.5, 0.6) is 0 Å². The van der Waals surface area contributed by atoms with Crippen molar-refractivity contribution in [3.63, 3.8) is 0 Å². The zero-order valence-electron chi connectivity index (χ0n) is 8.85. The lowest BCUT2D eigenvalue weighted by Crippen LogP contribution is -2.45. The number of nitrogens with one attached hydrogen (secondary N) is 2. The predicted molar refractivity (Wildman–Crippen MR) is 53.4 cm³/mol. The van der Waals surface area contributed by atoms with Crippen molar-refractivity contribution >= 4 is 16.3 Å². The van der Waals surface area contributed by atoms with E-state index in [1.54, 1.807) is 18.6 Å². The minimum absolute atomic E-state index is 0.361. The topological polar surface area (TPSA) is 105 Å². The second-order valence-corrected chi connectivity index (χ2v) is 4.71. The van der Waals surface area contributed by atoms with E-state index >= 15 is 0 Å². The molecule has 0 aromatic heterocycles. The van der Waals surface area contributed by atoms with Crippen LogP contribution in [0.15, 0.2) is 0 Å². The molecule has 0 aliphatic heterocycles. The Labute approximate surface area is 89.0 Å². The second-order valence-electron chi connectivity index (χ2n) is 3.26. The van der Waals surface area contributed by atoms with Gasteiger partial charge in [0.25, 0.3) is 0 Å². The largest absolute Gasteiger partial charge is 0.446 e. The summed E-state index contributed by atoms with van der Waals surface area (Å²) in [6.07, 6.45) is -1.46. The molecule has 15 heavy (non-hydrogen) atoms. The van der Waals surface area contributed by atoms with E-state index in [4.69, 9.17) is 5.11 Å². The average Bonchev–Trinajstić information content (AvgIpc) is 1.99. The molecule has 90 valence electrons. The Hall–Kier alpha value is -0.860. The predicted octanol–water partition coefficient (Wildman–Crippen LogP) is -0.664. The molecule has 1 atom stereocenters. The van der Waals surface area contributed by atoms with Gasteiger partial charge in [0, 0.05) is 6.04 Å². The van der Waals surface area contributed by atoms with E-state index < -0.39 is 28.4 Å². The molecule has 0 spiro atoms. The molecule has 7 nitrogen and oxygen atoms in total. The molecule has 0 saturated heterocycles. The van der Waals surface area contributed by atoms with Crippen LogP contribution in [0.3, 0.4) is 0 Å². The Kier molecular flexibility index (Phi) is 5.55. The number of hydrogen-bond acceptors (Lipinski definition) is 5. The van der Waals surface area contributed by atoms with Crippen LogP contribution in [-0.2, 0) is 14.9 Å². The molecule has 0 aromatic carbocycles. The molecule has 0 rings (SSSR count). The maximum Gasteiger partial charge on any atom is 0.422 e. The van der Waals surface area contributed by atoms with Crippen molar-refractivity contribution in [2.75, 3.05) is 6.61 Å². The third-order valence-electron chi connectivity index (χ3n) is 1.19. The van der Waals surface area contributed by atoms with E-state index in [0.29, 0.717) is 0 Å². The number of carbonyl (C=O) groups excluding carboxylic acids is 1. The molecule has 0 unspecified atom stereocenters. The Morgan fingerprint density at radius 1 is 1.40 bits per heavy atom. The summed E-state index contributed by atoms with van der Waals surface area (Å²) in [5, 5.41) is 8.61. The lowest BCUT2D eigenvalue weighted by Gasteiger charge is -2.13. The quantitative estimate of drug-likeness (QED) is 0.591. The van der Waals surface area contributed by atoms with Gasteiger partial charge in [-0.2, -0.15) is 13.1 Å². The van der Waals surface area contributed by atoms with Crippen LogP contribution < -0.4 is 9.44 Å². The molecule has 0 aliphatic carbocycles. The highest BCUT2D eigenvalue weighted by Gasteiger charge is 2.18. The van der Waals surface area contributed by atoms with Crippen LogP contribution in [0.2, 0.25) is 0 Å². The number of aliphatic hydroxyl groups excluding tert-OH is 1. The third kappa shape index (κ3) is 7.11. The number of carbonyl (C=O) groups is 1. The fourth-order valence-corrected chi connectivity index (χ4v) is 1.61. The van der Waals surface area contributed by atoms with Crippen LogP contribution in [-0.4, -0.2) is 38.4 Å². The van der Waals surface area contributed by atoms with Crippen LogP contribution in [0.25, 0.3) is 0 Å². The molecule has 0 radical (unpaired) electrons. The van der Waals surface area contributed by atoms with Gasteiger partial charge in [-0.15, -0.1) is 0 Å². The van der Waals surface area contributed by atoms with E-state index in [-0.39, 0.29) is 6.61 Å². The molecule has 1 amide bonds. The van der Waals surface area contributed by atoms with Crippen molar-refractivity contribution in [2.24, 2.45) is 0 Å². The maximum atomic E-state index is 11.2. The molecule has 8 heteroatoms. The molecule has 0 aliphatic rings. The molecule has 0 heterocycles. The second kappa shape index (κ2) is 5.89. The summed E-state index contributed by atoms with van der Waals surface area (Å²) in [7, 11) is -3.97. The van der Waals surface area contributed by atoms with E-state index in [1.165, 1.54) is 6.92 Å². The first-order valence-electron chi connectivity index (χ1n) is 4.38. The van der Waals surface area contributed by atoms with Gasteiger partial charge >= 0.3 is 16.3 Å². The van der Waals surface area contributed by atoms with E-state index in [2.05, 4.69) is 4.74 Å². The van der Waals surface area contributed by atoms with Gasteiger partial charge in [0.2, 0.25) is 0 Å². The van der Waals surface area contributed by atoms with Crippen molar-refractivity contribution in [1.82, 2.24) is 9.44 Å². The fourth-order valence-electron chi connectivity index (χ4n) is 0.679. The van der Waals surface area contributed by atoms with Crippen LogP contribution in [0.4, 0.5) is 4.79 Å². The highest BCUT2D eigenvalue weighted by Crippen LogP contribution is 1.91. The lowest BCUT2D eigenvalue weighted by molar-refractivity contribution is 0.121. The summed E-state index contributed by atoms with van der Waals surface area (Å²) in [5.41, 5.74) is 0. The SMILES string of the molecule is CC(C)OC(=O)NS(=O)(=O)N[C@H](C)CO. The van der Waals surface area contributed by atoms with Gasteiger partial charge < -0.3 is 9.84 Å². The Bertz CT molecular complexity index is 301. The number of amides is 1. The highest BCUT2D eigenvalue weighted by atomic mass is 32.2. The number of hydrogen-bond donors (Lipinski definition) is 3. The highest BCUT2D eigenvalue weighted by molar-refractivity contribution is 7.88. The van der Waals surface area contributed by atoms with Crippen molar-refractivity contribution in [2.45, 2.75) is 32.9 Å². The summed E-state index contributed by atoms with van der Waals surface area (Å²) in [6.45, 7) is 4.28. The molecule has 0 aromatic rings. The summed E-state index contributed by atoms with van der Waals surface area (Å²) in [6, 6.07) is -0.672. The molecular weight excluding hydrogens is 224 g/mol. The lowest BCUT2D eigenvalue weighted by atomic mass is 10.4. The number of ether oxygens (including phenoxy) is 1. The van der Waals surface area contributed by atoms with Crippen molar-refractivity contribution in [1.29, 1.82) is 0 Å². The van der Waals surface area contributed by atoms with Gasteiger partial charge in [-0.1, -0.05) is 0 Å². The van der Waals surface area contributed by atoms with Gasteiger partial charge in [-0.05, 0) is 20.8 Å². The molecule has 3 N–H and O–H groups in total. The summed E-state index contributed by atoms with van der Waals surface area (Å²) < 4.78 is 30.5. The number of aliphatic hydroxyl groups is 1. The normalized spacial score (nSPS) is 13.7. The van der Waals surface area contributed by atoms with Crippen LogP contribution in [0.1, 0.15) is 20.8 Å². The van der Waals surface area contributed by atoms with Gasteiger partial charge in [-0.25, -0.2) is 9.52 Å². The first-order valence-corrected chi connectivity index (χ1v) is 5.86. The summed E-state index contributed by atoms with van der Waals surface area (Å²) in [4.78, 5) is 10.9. The van der Waals surface area contributed by atoms with E-state index in [0.717, 1.165) is 0 Å². The molecular formula is C7H16N2O5S. The Morgan fingerprint density at radius 3 is 2.33 bits per heavy atom. The van der Waals surface area contributed by atoms with Crippen LogP contribution in [0, 0.1) is 0 Å². The number of rotatable bonds is 5. The van der Waals surface area contributed by atoms with Crippen LogP contribution >= 0.6 is 0 Å². The van der Waals surface area contributed by atoms with Crippen molar-refractivity contribution in [3.8, 4) is 0 Å². The smallest absolute Gasteiger partial charge is 0.422 e. The molecule has 0 saturated carbocycles. The van der Waals surface area contributed by atoms with Gasteiger partial charge in [0.1, 0.15) is 0 Å². The minimum atomic E-state index is -3.97. The Balaban J connectivity index is 4.20. The van der Waals surface area contributed by atoms with Crippen molar-refractivity contribution in [3.05, 3.63) is 0 Å². The first kappa shape index (κ1) is 14.1. The van der Waals surface area contributed by atoms with Gasteiger partial charge in [0.05, 0.1) is 12.7 Å². The summed E-state index contributed by atoms with van der Waals surface area (Å²) in [5.74, 6) is 0. The van der Waals surface area contributed by atoms with Gasteiger partial charge in [0.15, 0.2) is 0 Å². The van der Waals surface area contributed by atoms with E-state index in [1.807, 2.05) is 4.72 Å². The molecule has 0 bridgehead atoms. The summed E-state index contributed by atoms with van der Waals surface area (Å²) >= 11 is 0. The average molecular weight is 240 g/mol. The fraction of sp³-hybridized carbons (Fsp3) is 0.857. The van der Waals surface area contributed by atoms with Gasteiger partial charge in [-0.3, -0.25) is 0 Å². The zero-order chi connectivity index (χ0) is 12.1. The third-order valence-corrected chi connectivity index (χ3v) is 2.34. The zero-order valence-corrected chi connectivity index (χ0v) is 9.67. The van der Waals surface area contributed by atoms with E-state index in [9.17, 15) is 13.2 Å². The monoisotopic (exact) mass is 240 g/mol. The minimum Gasteiger partial charge on any atom is -0.446 e. The Morgan fingerprint density at radius 2 is 1.93 bits per heavy atom. The molecule has 0 fully saturated rings.